The van der Waals surface area contributed by atoms with E-state index < -0.39 is 0 Å². The van der Waals surface area contributed by atoms with Crippen molar-refractivity contribution in [2.75, 3.05) is 5.32 Å². The molecule has 1 aromatic heterocycles. The zero-order valence-electron chi connectivity index (χ0n) is 9.57. The quantitative estimate of drug-likeness (QED) is 0.854. The average molecular weight is 341 g/mol. The molecule has 1 amide bonds. The monoisotopic (exact) mass is 341 g/mol. The van der Waals surface area contributed by atoms with Crippen molar-refractivity contribution >= 4 is 34.2 Å². The van der Waals surface area contributed by atoms with Gasteiger partial charge in [-0.2, -0.15) is 5.10 Å². The molecule has 0 radical (unpaired) electrons. The van der Waals surface area contributed by atoms with Crippen molar-refractivity contribution in [2.45, 2.75) is 6.92 Å². The molecule has 1 aromatic carbocycles. The van der Waals surface area contributed by atoms with Gasteiger partial charge in [0, 0.05) is 16.3 Å². The van der Waals surface area contributed by atoms with Crippen molar-refractivity contribution in [1.29, 1.82) is 0 Å². The Morgan fingerprint density at radius 2 is 2.12 bits per heavy atom. The van der Waals surface area contributed by atoms with Crippen molar-refractivity contribution in [3.8, 4) is 0 Å². The molecule has 0 aliphatic rings. The summed E-state index contributed by atoms with van der Waals surface area (Å²) in [6.45, 7) is 1.87. The molecule has 2 rings (SSSR count). The summed E-state index contributed by atoms with van der Waals surface area (Å²) < 4.78 is 2.70. The molecule has 0 saturated carbocycles. The lowest BCUT2D eigenvalue weighted by molar-refractivity contribution is 0.102. The van der Waals surface area contributed by atoms with E-state index in [0.717, 1.165) is 15.0 Å². The number of amides is 1. The van der Waals surface area contributed by atoms with Gasteiger partial charge in [0.25, 0.3) is 5.91 Å². The molecule has 4 nitrogen and oxygen atoms in total. The third kappa shape index (κ3) is 2.49. The smallest absolute Gasteiger partial charge is 0.259 e. The van der Waals surface area contributed by atoms with Crippen LogP contribution in [0.25, 0.3) is 0 Å². The summed E-state index contributed by atoms with van der Waals surface area (Å²) in [6.07, 6.45) is 1.58. The normalized spacial score (nSPS) is 10.3. The van der Waals surface area contributed by atoms with Crippen LogP contribution in [0.4, 0.5) is 5.69 Å². The van der Waals surface area contributed by atoms with E-state index in [1.165, 1.54) is 0 Å². The molecule has 0 atom stereocenters. The molecule has 0 aliphatic heterocycles. The molecule has 17 heavy (non-hydrogen) atoms. The van der Waals surface area contributed by atoms with Crippen LogP contribution < -0.4 is 5.32 Å². The molecule has 2 aromatic rings. The Morgan fingerprint density at radius 1 is 1.41 bits per heavy atom. The molecule has 1 heterocycles. The number of benzene rings is 1. The van der Waals surface area contributed by atoms with Gasteiger partial charge < -0.3 is 5.32 Å². The van der Waals surface area contributed by atoms with Gasteiger partial charge in [-0.3, -0.25) is 9.48 Å². The average Bonchev–Trinajstić information content (AvgIpc) is 2.63. The highest BCUT2D eigenvalue weighted by molar-refractivity contribution is 14.1. The number of aryl methyl sites for hydroxylation is 1. The minimum Gasteiger partial charge on any atom is -0.321 e. The van der Waals surface area contributed by atoms with Gasteiger partial charge in [-0.05, 0) is 41.6 Å². The van der Waals surface area contributed by atoms with Crippen LogP contribution in [-0.4, -0.2) is 15.7 Å². The van der Waals surface area contributed by atoms with Gasteiger partial charge in [-0.1, -0.05) is 12.1 Å². The third-order valence-corrected chi connectivity index (χ3v) is 3.54. The second kappa shape index (κ2) is 4.87. The first-order valence-corrected chi connectivity index (χ1v) is 6.22. The summed E-state index contributed by atoms with van der Waals surface area (Å²) in [7, 11) is 1.82. The Bertz CT molecular complexity index is 563. The highest BCUT2D eigenvalue weighted by atomic mass is 127. The fraction of sp³-hybridized carbons (Fsp3) is 0.167. The second-order valence-electron chi connectivity index (χ2n) is 3.70. The van der Waals surface area contributed by atoms with Crippen LogP contribution in [0.1, 0.15) is 16.1 Å². The number of rotatable bonds is 2. The van der Waals surface area contributed by atoms with Crippen LogP contribution in [0, 0.1) is 10.5 Å². The zero-order valence-corrected chi connectivity index (χ0v) is 11.7. The minimum atomic E-state index is -0.125. The molecule has 0 fully saturated rings. The number of carbonyl (C=O) groups is 1. The SMILES string of the molecule is Cc1c(C(=O)Nc2ccccc2I)cnn1C. The van der Waals surface area contributed by atoms with E-state index >= 15 is 0 Å². The molecular weight excluding hydrogens is 329 g/mol. The number of hydrogen-bond acceptors (Lipinski definition) is 2. The Balaban J connectivity index is 2.23. The van der Waals surface area contributed by atoms with Gasteiger partial charge in [0.1, 0.15) is 0 Å². The predicted octanol–water partition coefficient (Wildman–Crippen LogP) is 2.59. The fourth-order valence-corrected chi connectivity index (χ4v) is 2.00. The van der Waals surface area contributed by atoms with E-state index in [9.17, 15) is 4.79 Å². The Hall–Kier alpha value is -1.37. The molecule has 0 unspecified atom stereocenters. The van der Waals surface area contributed by atoms with E-state index in [2.05, 4.69) is 33.0 Å². The summed E-state index contributed by atoms with van der Waals surface area (Å²) >= 11 is 2.19. The molecule has 0 spiro atoms. The number of para-hydroxylation sites is 1. The fourth-order valence-electron chi connectivity index (χ4n) is 1.47. The minimum absolute atomic E-state index is 0.125. The van der Waals surface area contributed by atoms with Crippen LogP contribution in [0.2, 0.25) is 0 Å². The summed E-state index contributed by atoms with van der Waals surface area (Å²) in [6, 6.07) is 7.66. The van der Waals surface area contributed by atoms with E-state index in [1.807, 2.05) is 38.2 Å². The maximum atomic E-state index is 12.0. The number of carbonyl (C=O) groups excluding carboxylic acids is 1. The lowest BCUT2D eigenvalue weighted by Gasteiger charge is -2.06. The van der Waals surface area contributed by atoms with Gasteiger partial charge >= 0.3 is 0 Å². The maximum Gasteiger partial charge on any atom is 0.259 e. The number of halogens is 1. The van der Waals surface area contributed by atoms with Crippen LogP contribution >= 0.6 is 22.6 Å². The van der Waals surface area contributed by atoms with Crippen LogP contribution in [-0.2, 0) is 7.05 Å². The lowest BCUT2D eigenvalue weighted by atomic mass is 10.2. The number of hydrogen-bond donors (Lipinski definition) is 1. The van der Waals surface area contributed by atoms with Crippen LogP contribution in [0.15, 0.2) is 30.5 Å². The molecule has 0 saturated heterocycles. The van der Waals surface area contributed by atoms with Crippen molar-refractivity contribution < 1.29 is 4.79 Å². The van der Waals surface area contributed by atoms with E-state index in [0.29, 0.717) is 5.56 Å². The first-order chi connectivity index (χ1) is 8.09. The maximum absolute atomic E-state index is 12.0. The molecule has 0 bridgehead atoms. The van der Waals surface area contributed by atoms with Gasteiger partial charge in [-0.15, -0.1) is 0 Å². The highest BCUT2D eigenvalue weighted by Gasteiger charge is 2.13. The van der Waals surface area contributed by atoms with Gasteiger partial charge in [0.05, 0.1) is 17.4 Å². The van der Waals surface area contributed by atoms with Crippen molar-refractivity contribution in [3.63, 3.8) is 0 Å². The molecule has 0 aliphatic carbocycles. The van der Waals surface area contributed by atoms with Gasteiger partial charge in [0.2, 0.25) is 0 Å². The number of nitrogens with zero attached hydrogens (tertiary/aromatic N) is 2. The zero-order chi connectivity index (χ0) is 12.4. The van der Waals surface area contributed by atoms with E-state index in [4.69, 9.17) is 0 Å². The Labute approximate surface area is 113 Å². The summed E-state index contributed by atoms with van der Waals surface area (Å²) in [5.74, 6) is -0.125. The largest absolute Gasteiger partial charge is 0.321 e. The number of anilines is 1. The second-order valence-corrected chi connectivity index (χ2v) is 4.86. The summed E-state index contributed by atoms with van der Waals surface area (Å²) in [5.41, 5.74) is 2.28. The third-order valence-electron chi connectivity index (χ3n) is 2.60. The molecular formula is C12H12IN3O. The first-order valence-electron chi connectivity index (χ1n) is 5.14. The molecule has 5 heteroatoms. The molecule has 88 valence electrons. The predicted molar refractivity (Wildman–Crippen MR) is 75.1 cm³/mol. The van der Waals surface area contributed by atoms with Crippen molar-refractivity contribution in [2.24, 2.45) is 7.05 Å². The Morgan fingerprint density at radius 3 is 2.71 bits per heavy atom. The van der Waals surface area contributed by atoms with Crippen LogP contribution in [0.3, 0.4) is 0 Å². The molecule has 1 N–H and O–H groups in total. The Kier molecular flexibility index (Phi) is 3.46. The van der Waals surface area contributed by atoms with Crippen molar-refractivity contribution in [3.05, 3.63) is 45.3 Å². The van der Waals surface area contributed by atoms with Gasteiger partial charge in [0.15, 0.2) is 0 Å². The van der Waals surface area contributed by atoms with Crippen molar-refractivity contribution in [1.82, 2.24) is 9.78 Å². The summed E-state index contributed by atoms with van der Waals surface area (Å²) in [5, 5.41) is 6.94. The van der Waals surface area contributed by atoms with Crippen LogP contribution in [0.5, 0.6) is 0 Å². The van der Waals surface area contributed by atoms with E-state index in [-0.39, 0.29) is 5.91 Å². The lowest BCUT2D eigenvalue weighted by Crippen LogP contribution is -2.13. The topological polar surface area (TPSA) is 46.9 Å². The number of aromatic nitrogens is 2. The van der Waals surface area contributed by atoms with E-state index in [1.54, 1.807) is 10.9 Å². The first kappa shape index (κ1) is 12.1. The highest BCUT2D eigenvalue weighted by Crippen LogP contribution is 2.18. The number of nitrogens with one attached hydrogen (secondary N) is 1. The summed E-state index contributed by atoms with van der Waals surface area (Å²) in [4.78, 5) is 12.0. The standard InChI is InChI=1S/C12H12IN3O/c1-8-9(7-14-16(8)2)12(17)15-11-6-4-3-5-10(11)13/h3-7H,1-2H3,(H,15,17). The van der Waals surface area contributed by atoms with Gasteiger partial charge in [-0.25, -0.2) is 0 Å².